The number of hydrogen-bond donors (Lipinski definition) is 0. The van der Waals surface area contributed by atoms with Gasteiger partial charge in [0.05, 0.1) is 12.2 Å². The molecule has 1 atom stereocenters. The predicted molar refractivity (Wildman–Crippen MR) is 132 cm³/mol. The summed E-state index contributed by atoms with van der Waals surface area (Å²) in [5, 5.41) is 0. The van der Waals surface area contributed by atoms with Gasteiger partial charge < -0.3 is 9.47 Å². The van der Waals surface area contributed by atoms with Gasteiger partial charge in [-0.2, -0.15) is 4.39 Å². The van der Waals surface area contributed by atoms with Crippen LogP contribution < -0.4 is 4.74 Å². The molecule has 0 aromatic heterocycles. The quantitative estimate of drug-likeness (QED) is 0.388. The smallest absolute Gasteiger partial charge is 0.202 e. The largest absolute Gasteiger partial charge is 0.462 e. The number of benzene rings is 2. The van der Waals surface area contributed by atoms with E-state index in [2.05, 4.69) is 30.9 Å². The van der Waals surface area contributed by atoms with Crippen LogP contribution in [0.15, 0.2) is 36.4 Å². The summed E-state index contributed by atoms with van der Waals surface area (Å²) in [4.78, 5) is 0. The van der Waals surface area contributed by atoms with E-state index in [0.29, 0.717) is 13.0 Å². The predicted octanol–water partition coefficient (Wildman–Crippen LogP) is 7.81. The van der Waals surface area contributed by atoms with Crippen molar-refractivity contribution in [1.82, 2.24) is 0 Å². The molecule has 0 bridgehead atoms. The van der Waals surface area contributed by atoms with Crippen LogP contribution in [0.25, 0.3) is 0 Å². The second-order valence-corrected chi connectivity index (χ2v) is 9.81. The molecule has 182 valence electrons. The third-order valence-corrected chi connectivity index (χ3v) is 7.24. The molecule has 0 radical (unpaired) electrons. The van der Waals surface area contributed by atoms with Crippen LogP contribution >= 0.6 is 0 Å². The van der Waals surface area contributed by atoms with Crippen LogP contribution in [0.2, 0.25) is 0 Å². The zero-order chi connectivity index (χ0) is 23.8. The molecule has 2 nitrogen and oxygen atoms in total. The average Bonchev–Trinajstić information content (AvgIpc) is 2.87. The lowest BCUT2D eigenvalue weighted by Crippen LogP contribution is -2.25. The second-order valence-electron chi connectivity index (χ2n) is 9.81. The highest BCUT2D eigenvalue weighted by molar-refractivity contribution is 5.46. The number of rotatable bonds is 7. The Labute approximate surface area is 203 Å². The Morgan fingerprint density at radius 1 is 0.853 bits per heavy atom. The Bertz CT molecular complexity index is 975. The summed E-state index contributed by atoms with van der Waals surface area (Å²) >= 11 is 0. The second kappa shape index (κ2) is 12.4. The molecule has 1 aliphatic heterocycles. The molecule has 34 heavy (non-hydrogen) atoms. The summed E-state index contributed by atoms with van der Waals surface area (Å²) in [5.41, 5.74) is 2.13. The zero-order valence-electron chi connectivity index (χ0n) is 20.3. The van der Waals surface area contributed by atoms with Gasteiger partial charge in [0.15, 0.2) is 17.9 Å². The molecule has 2 fully saturated rings. The van der Waals surface area contributed by atoms with Gasteiger partial charge in [-0.05, 0) is 67.3 Å². The summed E-state index contributed by atoms with van der Waals surface area (Å²) in [6, 6.07) is 11.0. The summed E-state index contributed by atoms with van der Waals surface area (Å²) in [5.74, 6) is 5.40. The topological polar surface area (TPSA) is 18.5 Å². The molecule has 1 heterocycles. The minimum absolute atomic E-state index is 0.0252. The van der Waals surface area contributed by atoms with Gasteiger partial charge in [-0.1, -0.05) is 69.4 Å². The van der Waals surface area contributed by atoms with Gasteiger partial charge in [-0.3, -0.25) is 0 Å². The van der Waals surface area contributed by atoms with E-state index in [9.17, 15) is 8.78 Å². The molecule has 2 aliphatic rings. The molecule has 0 amide bonds. The standard InChI is InChI=1S/C30H36F2O2/c1-2-5-22-7-9-23(10-8-22)11-12-24-13-15-25(16-14-24)17-18-26-19-20-27(30(32)29(26)31)34-28-6-3-4-21-33-28/h13-16,19-20,22-23,28H,2-12,21H2,1H3. The van der Waals surface area contributed by atoms with Gasteiger partial charge in [0.2, 0.25) is 5.82 Å². The SMILES string of the molecule is CCCC1CCC(CCc2ccc(C#Cc3ccc(OC4CCCCO4)c(F)c3F)cc2)CC1. The van der Waals surface area contributed by atoms with Gasteiger partial charge in [0, 0.05) is 12.0 Å². The lowest BCUT2D eigenvalue weighted by molar-refractivity contribution is -0.107. The first-order valence-corrected chi connectivity index (χ1v) is 13.0. The van der Waals surface area contributed by atoms with Gasteiger partial charge >= 0.3 is 0 Å². The Balaban J connectivity index is 1.30. The van der Waals surface area contributed by atoms with Crippen molar-refractivity contribution in [2.24, 2.45) is 11.8 Å². The molecule has 4 rings (SSSR count). The number of aryl methyl sites for hydroxylation is 1. The lowest BCUT2D eigenvalue weighted by atomic mass is 9.78. The highest BCUT2D eigenvalue weighted by Gasteiger charge is 2.21. The number of ether oxygens (including phenoxy) is 2. The van der Waals surface area contributed by atoms with Gasteiger partial charge in [0.1, 0.15) is 0 Å². The van der Waals surface area contributed by atoms with E-state index in [0.717, 1.165) is 36.7 Å². The van der Waals surface area contributed by atoms with E-state index >= 15 is 0 Å². The van der Waals surface area contributed by atoms with E-state index in [1.54, 1.807) is 0 Å². The fourth-order valence-corrected chi connectivity index (χ4v) is 5.15. The van der Waals surface area contributed by atoms with Crippen molar-refractivity contribution in [3.8, 4) is 17.6 Å². The maximum Gasteiger partial charge on any atom is 0.202 e. The Morgan fingerprint density at radius 2 is 1.59 bits per heavy atom. The minimum Gasteiger partial charge on any atom is -0.462 e. The minimum atomic E-state index is -1.01. The van der Waals surface area contributed by atoms with E-state index in [4.69, 9.17) is 9.47 Å². The van der Waals surface area contributed by atoms with Crippen molar-refractivity contribution in [3.63, 3.8) is 0 Å². The summed E-state index contributed by atoms with van der Waals surface area (Å²) < 4.78 is 39.9. The van der Waals surface area contributed by atoms with Crippen molar-refractivity contribution in [1.29, 1.82) is 0 Å². The first-order chi connectivity index (χ1) is 16.6. The first-order valence-electron chi connectivity index (χ1n) is 13.0. The number of hydrogen-bond acceptors (Lipinski definition) is 2. The molecule has 2 aromatic rings. The number of halogens is 2. The molecule has 4 heteroatoms. The van der Waals surface area contributed by atoms with Crippen LogP contribution in [0.4, 0.5) is 8.78 Å². The molecule has 1 saturated carbocycles. The molecular weight excluding hydrogens is 430 g/mol. The van der Waals surface area contributed by atoms with Crippen LogP contribution in [0.3, 0.4) is 0 Å². The third-order valence-electron chi connectivity index (χ3n) is 7.24. The van der Waals surface area contributed by atoms with Crippen LogP contribution in [0, 0.1) is 35.3 Å². The molecule has 1 aliphatic carbocycles. The van der Waals surface area contributed by atoms with Gasteiger partial charge in [-0.15, -0.1) is 0 Å². The summed E-state index contributed by atoms with van der Waals surface area (Å²) in [6.07, 6.45) is 12.6. The van der Waals surface area contributed by atoms with Crippen LogP contribution in [-0.4, -0.2) is 12.9 Å². The van der Waals surface area contributed by atoms with Crippen LogP contribution in [-0.2, 0) is 11.2 Å². The maximum absolute atomic E-state index is 14.5. The van der Waals surface area contributed by atoms with Crippen molar-refractivity contribution < 1.29 is 18.3 Å². The van der Waals surface area contributed by atoms with E-state index in [1.165, 1.54) is 62.6 Å². The van der Waals surface area contributed by atoms with E-state index in [-0.39, 0.29) is 11.3 Å². The summed E-state index contributed by atoms with van der Waals surface area (Å²) in [7, 11) is 0. The zero-order valence-corrected chi connectivity index (χ0v) is 20.3. The normalized spacial score (nSPS) is 22.6. The molecule has 1 unspecified atom stereocenters. The van der Waals surface area contributed by atoms with Crippen molar-refractivity contribution in [2.45, 2.75) is 83.8 Å². The fourth-order valence-electron chi connectivity index (χ4n) is 5.15. The first kappa shape index (κ1) is 24.7. The highest BCUT2D eigenvalue weighted by atomic mass is 19.2. The van der Waals surface area contributed by atoms with E-state index < -0.39 is 17.9 Å². The molecular formula is C30H36F2O2. The van der Waals surface area contributed by atoms with Crippen molar-refractivity contribution in [3.05, 3.63) is 64.7 Å². The monoisotopic (exact) mass is 466 g/mol. The third kappa shape index (κ3) is 6.83. The average molecular weight is 467 g/mol. The summed E-state index contributed by atoms with van der Waals surface area (Å²) in [6.45, 7) is 2.87. The van der Waals surface area contributed by atoms with Crippen molar-refractivity contribution in [2.75, 3.05) is 6.61 Å². The molecule has 2 aromatic carbocycles. The van der Waals surface area contributed by atoms with Crippen LogP contribution in [0.1, 0.15) is 87.8 Å². The van der Waals surface area contributed by atoms with Crippen LogP contribution in [0.5, 0.6) is 5.75 Å². The van der Waals surface area contributed by atoms with Gasteiger partial charge in [0.25, 0.3) is 0 Å². The Kier molecular flexibility index (Phi) is 8.99. The highest BCUT2D eigenvalue weighted by Crippen LogP contribution is 2.34. The van der Waals surface area contributed by atoms with Crippen molar-refractivity contribution >= 4 is 0 Å². The maximum atomic E-state index is 14.5. The van der Waals surface area contributed by atoms with Gasteiger partial charge in [-0.25, -0.2) is 4.39 Å². The molecule has 0 spiro atoms. The molecule has 1 saturated heterocycles. The fraction of sp³-hybridized carbons (Fsp3) is 0.533. The van der Waals surface area contributed by atoms with E-state index in [1.807, 2.05) is 12.1 Å². The molecule has 0 N–H and O–H groups in total. The lowest BCUT2D eigenvalue weighted by Gasteiger charge is -2.28. The Morgan fingerprint density at radius 3 is 2.26 bits per heavy atom. The Hall–Kier alpha value is -2.38.